The summed E-state index contributed by atoms with van der Waals surface area (Å²) in [6.07, 6.45) is 4.46. The third kappa shape index (κ3) is 4.82. The van der Waals surface area contributed by atoms with Crippen LogP contribution in [0.4, 0.5) is 4.79 Å². The van der Waals surface area contributed by atoms with Crippen molar-refractivity contribution in [1.29, 1.82) is 0 Å². The Bertz CT molecular complexity index is 540. The van der Waals surface area contributed by atoms with Gasteiger partial charge < -0.3 is 25.8 Å². The van der Waals surface area contributed by atoms with Gasteiger partial charge in [0.15, 0.2) is 0 Å². The molecule has 0 radical (unpaired) electrons. The van der Waals surface area contributed by atoms with Gasteiger partial charge in [-0.05, 0) is 25.7 Å². The number of hydrogen-bond donors (Lipinski definition) is 4. The Labute approximate surface area is 157 Å². The van der Waals surface area contributed by atoms with Gasteiger partial charge in [0.1, 0.15) is 6.04 Å². The van der Waals surface area contributed by atoms with Crippen LogP contribution in [0.1, 0.15) is 38.5 Å². The first kappa shape index (κ1) is 19.3. The summed E-state index contributed by atoms with van der Waals surface area (Å²) in [5.74, 6) is -0.434. The summed E-state index contributed by atoms with van der Waals surface area (Å²) >= 11 is 1.86. The number of thioether (sulfide) groups is 1. The van der Waals surface area contributed by atoms with Gasteiger partial charge in [0.2, 0.25) is 5.91 Å². The molecule has 0 aliphatic carbocycles. The molecule has 3 amide bonds. The molecule has 3 aliphatic heterocycles. The Morgan fingerprint density at radius 3 is 2.92 bits per heavy atom. The van der Waals surface area contributed by atoms with Crippen LogP contribution >= 0.6 is 11.8 Å². The summed E-state index contributed by atoms with van der Waals surface area (Å²) in [6.45, 7) is 1.05. The second-order valence-corrected chi connectivity index (χ2v) is 8.50. The van der Waals surface area contributed by atoms with Crippen molar-refractivity contribution in [2.45, 2.75) is 61.9 Å². The highest BCUT2D eigenvalue weighted by molar-refractivity contribution is 8.00. The van der Waals surface area contributed by atoms with Crippen LogP contribution in [0.5, 0.6) is 0 Å². The molecule has 3 aliphatic rings. The highest BCUT2D eigenvalue weighted by Gasteiger charge is 2.42. The largest absolute Gasteiger partial charge is 0.480 e. The molecular weight excluding hydrogens is 358 g/mol. The van der Waals surface area contributed by atoms with E-state index in [0.717, 1.165) is 37.9 Å². The summed E-state index contributed by atoms with van der Waals surface area (Å²) in [7, 11) is 0. The van der Waals surface area contributed by atoms with E-state index < -0.39 is 12.0 Å². The Morgan fingerprint density at radius 2 is 2.19 bits per heavy atom. The lowest BCUT2D eigenvalue weighted by atomic mass is 9.93. The maximum absolute atomic E-state index is 12.1. The number of fused-ring (bicyclic) bond motifs is 1. The molecule has 0 saturated carbocycles. The van der Waals surface area contributed by atoms with E-state index in [1.54, 1.807) is 0 Å². The number of rotatable bonds is 8. The molecule has 5 atom stereocenters. The summed E-state index contributed by atoms with van der Waals surface area (Å²) in [5, 5.41) is 18.3. The average molecular weight is 385 g/mol. The second kappa shape index (κ2) is 8.94. The van der Waals surface area contributed by atoms with Crippen molar-refractivity contribution in [3.63, 3.8) is 0 Å². The van der Waals surface area contributed by atoms with Gasteiger partial charge >= 0.3 is 12.0 Å². The molecule has 0 aromatic carbocycles. The van der Waals surface area contributed by atoms with E-state index in [2.05, 4.69) is 16.0 Å². The number of amides is 3. The van der Waals surface area contributed by atoms with Crippen LogP contribution in [0, 0.1) is 5.92 Å². The van der Waals surface area contributed by atoms with Crippen LogP contribution in [-0.4, -0.2) is 65.4 Å². The number of aliphatic carboxylic acids is 1. The molecular formula is C17H27N3O5S. The topological polar surface area (TPSA) is 117 Å². The lowest BCUT2D eigenvalue weighted by Crippen LogP contribution is -2.48. The molecule has 4 N–H and O–H groups in total. The maximum Gasteiger partial charge on any atom is 0.326 e. The van der Waals surface area contributed by atoms with Gasteiger partial charge in [-0.3, -0.25) is 4.79 Å². The van der Waals surface area contributed by atoms with Gasteiger partial charge in [-0.25, -0.2) is 9.59 Å². The third-order valence-electron chi connectivity index (χ3n) is 5.33. The zero-order chi connectivity index (χ0) is 18.5. The number of hydrogen-bond acceptors (Lipinski definition) is 5. The number of unbranched alkanes of at least 4 members (excludes halogenated alkanes) is 1. The van der Waals surface area contributed by atoms with Crippen molar-refractivity contribution >= 4 is 29.7 Å². The normalized spacial score (nSPS) is 31.6. The van der Waals surface area contributed by atoms with Crippen LogP contribution in [0.2, 0.25) is 0 Å². The number of nitrogens with one attached hydrogen (secondary N) is 3. The lowest BCUT2D eigenvalue weighted by Gasteiger charge is -2.28. The second-order valence-electron chi connectivity index (χ2n) is 7.23. The summed E-state index contributed by atoms with van der Waals surface area (Å²) < 4.78 is 5.34. The van der Waals surface area contributed by atoms with Crippen molar-refractivity contribution in [3.8, 4) is 0 Å². The number of carbonyl (C=O) groups excluding carboxylic acids is 2. The first-order valence-electron chi connectivity index (χ1n) is 9.33. The Balaban J connectivity index is 1.35. The van der Waals surface area contributed by atoms with Crippen LogP contribution in [0.15, 0.2) is 0 Å². The molecule has 0 spiro atoms. The molecule has 0 bridgehead atoms. The molecule has 3 rings (SSSR count). The monoisotopic (exact) mass is 385 g/mol. The predicted molar refractivity (Wildman–Crippen MR) is 97.1 cm³/mol. The van der Waals surface area contributed by atoms with Gasteiger partial charge in [0, 0.05) is 29.9 Å². The van der Waals surface area contributed by atoms with Gasteiger partial charge in [0.25, 0.3) is 0 Å². The Kier molecular flexibility index (Phi) is 6.63. The fourth-order valence-electron chi connectivity index (χ4n) is 3.93. The fraction of sp³-hybridized carbons (Fsp3) is 0.824. The highest BCUT2D eigenvalue weighted by Crippen LogP contribution is 2.33. The van der Waals surface area contributed by atoms with Crippen molar-refractivity contribution in [1.82, 2.24) is 16.0 Å². The smallest absolute Gasteiger partial charge is 0.326 e. The van der Waals surface area contributed by atoms with E-state index in [1.807, 2.05) is 11.8 Å². The molecule has 2 unspecified atom stereocenters. The van der Waals surface area contributed by atoms with Crippen molar-refractivity contribution in [2.24, 2.45) is 5.92 Å². The fourth-order valence-corrected chi connectivity index (χ4v) is 5.47. The van der Waals surface area contributed by atoms with Crippen molar-refractivity contribution < 1.29 is 24.2 Å². The van der Waals surface area contributed by atoms with E-state index >= 15 is 0 Å². The zero-order valence-electron chi connectivity index (χ0n) is 14.7. The minimum Gasteiger partial charge on any atom is -0.480 e. The SMILES string of the molecule is O=C(CCCC[C@@H]1SC[C@@H]2NC(=O)N[C@@H]21)NC(C(=O)O)C1CCCOC1. The highest BCUT2D eigenvalue weighted by atomic mass is 32.2. The third-order valence-corrected chi connectivity index (χ3v) is 6.84. The number of carboxylic acid groups (broad SMARTS) is 1. The Morgan fingerprint density at radius 1 is 1.35 bits per heavy atom. The van der Waals surface area contributed by atoms with Crippen LogP contribution in [0.25, 0.3) is 0 Å². The first-order valence-corrected chi connectivity index (χ1v) is 10.4. The van der Waals surface area contributed by atoms with E-state index in [-0.39, 0.29) is 29.9 Å². The molecule has 146 valence electrons. The van der Waals surface area contributed by atoms with Gasteiger partial charge in [0.05, 0.1) is 18.7 Å². The minimum atomic E-state index is -0.994. The number of ether oxygens (including phenoxy) is 1. The molecule has 3 heterocycles. The summed E-state index contributed by atoms with van der Waals surface area (Å²) in [5.41, 5.74) is 0. The zero-order valence-corrected chi connectivity index (χ0v) is 15.6. The molecule has 3 fully saturated rings. The van der Waals surface area contributed by atoms with Crippen LogP contribution < -0.4 is 16.0 Å². The maximum atomic E-state index is 12.1. The minimum absolute atomic E-state index is 0.0870. The Hall–Kier alpha value is -1.48. The molecule has 8 nitrogen and oxygen atoms in total. The van der Waals surface area contributed by atoms with E-state index in [1.165, 1.54) is 0 Å². The van der Waals surface area contributed by atoms with Crippen LogP contribution in [0.3, 0.4) is 0 Å². The quantitative estimate of drug-likeness (QED) is 0.361. The molecule has 3 saturated heterocycles. The van der Waals surface area contributed by atoms with Gasteiger partial charge in [-0.1, -0.05) is 6.42 Å². The van der Waals surface area contributed by atoms with Gasteiger partial charge in [-0.15, -0.1) is 0 Å². The summed E-state index contributed by atoms with van der Waals surface area (Å²) in [4.78, 5) is 35.0. The van der Waals surface area contributed by atoms with E-state index in [9.17, 15) is 19.5 Å². The predicted octanol–water partition coefficient (Wildman–Crippen LogP) is 0.708. The van der Waals surface area contributed by atoms with Gasteiger partial charge in [-0.2, -0.15) is 11.8 Å². The van der Waals surface area contributed by atoms with Crippen molar-refractivity contribution in [3.05, 3.63) is 0 Å². The lowest BCUT2D eigenvalue weighted by molar-refractivity contribution is -0.145. The number of urea groups is 1. The standard InChI is InChI=1S/C17H27N3O5S/c21-13(19-14(16(22)23)10-4-3-7-25-8-10)6-2-1-5-12-15-11(9-26-12)18-17(24)20-15/h10-12,14-15H,1-9H2,(H,19,21)(H,22,23)(H2,18,20,24)/t10?,11-,12-,14?,15-/m0/s1. The van der Waals surface area contributed by atoms with E-state index in [0.29, 0.717) is 24.9 Å². The molecule has 0 aromatic rings. The van der Waals surface area contributed by atoms with E-state index in [4.69, 9.17) is 4.74 Å². The van der Waals surface area contributed by atoms with Crippen LogP contribution in [-0.2, 0) is 14.3 Å². The molecule has 0 aromatic heterocycles. The number of carboxylic acids is 1. The summed E-state index contributed by atoms with van der Waals surface area (Å²) in [6, 6.07) is -0.552. The molecule has 26 heavy (non-hydrogen) atoms. The first-order chi connectivity index (χ1) is 12.5. The number of carbonyl (C=O) groups is 3. The average Bonchev–Trinajstić information content (AvgIpc) is 3.16. The molecule has 9 heteroatoms. The van der Waals surface area contributed by atoms with Crippen molar-refractivity contribution in [2.75, 3.05) is 19.0 Å².